The third-order valence-electron chi connectivity index (χ3n) is 1.86. The third kappa shape index (κ3) is 6.42. The van der Waals surface area contributed by atoms with Gasteiger partial charge in [-0.2, -0.15) is 0 Å². The van der Waals surface area contributed by atoms with Crippen LogP contribution in [0.15, 0.2) is 29.9 Å². The Bertz CT molecular complexity index is 513. The van der Waals surface area contributed by atoms with Crippen molar-refractivity contribution < 1.29 is 4.79 Å². The Balaban J connectivity index is 2.30. The summed E-state index contributed by atoms with van der Waals surface area (Å²) in [6.45, 7) is 4.05. The van der Waals surface area contributed by atoms with Gasteiger partial charge in [-0.3, -0.25) is 15.6 Å². The average Bonchev–Trinajstić information content (AvgIpc) is 2.44. The summed E-state index contributed by atoms with van der Waals surface area (Å²) >= 11 is 17.7. The normalized spacial score (nSPS) is 9.70. The highest BCUT2D eigenvalue weighted by atomic mass is 35.5. The molecule has 1 heterocycles. The molecule has 1 aromatic rings. The fraction of sp³-hybridized carbons (Fsp3) is 0.182. The lowest BCUT2D eigenvalue weighted by molar-refractivity contribution is -0.119. The molecule has 1 aromatic heterocycles. The van der Waals surface area contributed by atoms with Crippen LogP contribution in [0.5, 0.6) is 0 Å². The molecular formula is C11H12Cl2N4OS2. The summed E-state index contributed by atoms with van der Waals surface area (Å²) in [7, 11) is 0. The summed E-state index contributed by atoms with van der Waals surface area (Å²) in [5.41, 5.74) is 5.02. The van der Waals surface area contributed by atoms with Gasteiger partial charge in [0.2, 0.25) is 5.91 Å². The molecular weight excluding hydrogens is 339 g/mol. The fourth-order valence-electron chi connectivity index (χ4n) is 0.987. The molecule has 5 nitrogen and oxygen atoms in total. The van der Waals surface area contributed by atoms with Crippen molar-refractivity contribution in [1.29, 1.82) is 0 Å². The number of nitrogens with zero attached hydrogens (tertiary/aromatic N) is 1. The molecule has 1 rings (SSSR count). The number of thioether (sulfide) groups is 1. The first-order chi connectivity index (χ1) is 9.52. The molecule has 0 fully saturated rings. The van der Waals surface area contributed by atoms with E-state index in [1.165, 1.54) is 18.0 Å². The first kappa shape index (κ1) is 17.0. The molecule has 0 atom stereocenters. The minimum atomic E-state index is -0.245. The van der Waals surface area contributed by atoms with Crippen LogP contribution in [-0.4, -0.2) is 28.3 Å². The molecule has 0 aliphatic carbocycles. The molecule has 0 aliphatic rings. The van der Waals surface area contributed by atoms with Gasteiger partial charge in [0.05, 0.1) is 20.8 Å². The minimum absolute atomic E-state index is 0.169. The lowest BCUT2D eigenvalue weighted by Gasteiger charge is -2.10. The van der Waals surface area contributed by atoms with Crippen LogP contribution in [0.2, 0.25) is 10.0 Å². The molecule has 0 saturated carbocycles. The zero-order valence-corrected chi connectivity index (χ0v) is 13.4. The van der Waals surface area contributed by atoms with Gasteiger partial charge in [-0.15, -0.1) is 6.58 Å². The van der Waals surface area contributed by atoms with E-state index in [1.54, 1.807) is 12.1 Å². The minimum Gasteiger partial charge on any atom is -0.358 e. The number of hydrogen-bond donors (Lipinski definition) is 3. The van der Waals surface area contributed by atoms with Gasteiger partial charge in [0.15, 0.2) is 5.11 Å². The number of amides is 1. The Kier molecular flexibility index (Phi) is 7.68. The van der Waals surface area contributed by atoms with E-state index in [1.807, 2.05) is 0 Å². The maximum atomic E-state index is 11.6. The van der Waals surface area contributed by atoms with Crippen LogP contribution >= 0.6 is 47.2 Å². The standard InChI is InChI=1S/C11H12Cl2N4OS2/c1-2-3-14-11(19)17-16-9(18)6-20-10-4-7(12)8(13)5-15-10/h2,4-5H,1,3,6H2,(H,16,18)(H2,14,17,19). The second-order valence-corrected chi connectivity index (χ2v) is 5.62. The van der Waals surface area contributed by atoms with Crippen molar-refractivity contribution in [1.82, 2.24) is 21.2 Å². The van der Waals surface area contributed by atoms with Crippen molar-refractivity contribution in [2.45, 2.75) is 5.03 Å². The van der Waals surface area contributed by atoms with E-state index in [4.69, 9.17) is 35.4 Å². The molecule has 1 amide bonds. The summed E-state index contributed by atoms with van der Waals surface area (Å²) in [5.74, 6) is -0.0761. The number of nitrogens with one attached hydrogen (secondary N) is 3. The summed E-state index contributed by atoms with van der Waals surface area (Å²) in [4.78, 5) is 15.6. The Labute approximate surface area is 136 Å². The number of thiocarbonyl (C=S) groups is 1. The quantitative estimate of drug-likeness (QED) is 0.327. The molecule has 20 heavy (non-hydrogen) atoms. The van der Waals surface area contributed by atoms with Crippen LogP contribution in [0, 0.1) is 0 Å². The van der Waals surface area contributed by atoms with Crippen LogP contribution in [0.1, 0.15) is 0 Å². The highest BCUT2D eigenvalue weighted by molar-refractivity contribution is 7.99. The van der Waals surface area contributed by atoms with Gasteiger partial charge >= 0.3 is 0 Å². The van der Waals surface area contributed by atoms with E-state index < -0.39 is 0 Å². The molecule has 3 N–H and O–H groups in total. The van der Waals surface area contributed by atoms with Crippen molar-refractivity contribution in [3.63, 3.8) is 0 Å². The summed E-state index contributed by atoms with van der Waals surface area (Å²) in [5, 5.41) is 4.52. The van der Waals surface area contributed by atoms with E-state index in [0.29, 0.717) is 26.7 Å². The molecule has 0 radical (unpaired) electrons. The van der Waals surface area contributed by atoms with Crippen molar-refractivity contribution in [2.24, 2.45) is 0 Å². The number of hydrazine groups is 1. The molecule has 0 bridgehead atoms. The van der Waals surface area contributed by atoms with Gasteiger partial charge in [0.1, 0.15) is 0 Å². The van der Waals surface area contributed by atoms with E-state index in [0.717, 1.165) is 0 Å². The Hall–Kier alpha value is -1.02. The maximum absolute atomic E-state index is 11.6. The number of pyridine rings is 1. The molecule has 9 heteroatoms. The second-order valence-electron chi connectivity index (χ2n) is 3.40. The number of rotatable bonds is 5. The number of carbonyl (C=O) groups is 1. The SMILES string of the molecule is C=CCNC(=S)NNC(=O)CSc1cc(Cl)c(Cl)cn1. The highest BCUT2D eigenvalue weighted by Crippen LogP contribution is 2.25. The van der Waals surface area contributed by atoms with Crippen molar-refractivity contribution >= 4 is 58.2 Å². The molecule has 0 spiro atoms. The number of aromatic nitrogens is 1. The van der Waals surface area contributed by atoms with Crippen LogP contribution in [0.4, 0.5) is 0 Å². The van der Waals surface area contributed by atoms with E-state index >= 15 is 0 Å². The summed E-state index contributed by atoms with van der Waals surface area (Å²) < 4.78 is 0. The lowest BCUT2D eigenvalue weighted by Crippen LogP contribution is -2.47. The zero-order valence-electron chi connectivity index (χ0n) is 10.3. The Morgan fingerprint density at radius 2 is 2.20 bits per heavy atom. The maximum Gasteiger partial charge on any atom is 0.248 e. The molecule has 0 unspecified atom stereocenters. The van der Waals surface area contributed by atoms with Crippen LogP contribution < -0.4 is 16.2 Å². The predicted molar refractivity (Wildman–Crippen MR) is 87.1 cm³/mol. The van der Waals surface area contributed by atoms with Crippen molar-refractivity contribution in [3.8, 4) is 0 Å². The molecule has 0 aliphatic heterocycles. The summed E-state index contributed by atoms with van der Waals surface area (Å²) in [6, 6.07) is 1.60. The second kappa shape index (κ2) is 9.02. The van der Waals surface area contributed by atoms with Crippen molar-refractivity contribution in [2.75, 3.05) is 12.3 Å². The van der Waals surface area contributed by atoms with Crippen LogP contribution in [0.25, 0.3) is 0 Å². The largest absolute Gasteiger partial charge is 0.358 e. The lowest BCUT2D eigenvalue weighted by atomic mass is 10.5. The number of halogens is 2. The van der Waals surface area contributed by atoms with Crippen LogP contribution in [-0.2, 0) is 4.79 Å². The summed E-state index contributed by atoms with van der Waals surface area (Å²) in [6.07, 6.45) is 3.10. The van der Waals surface area contributed by atoms with Gasteiger partial charge in [0, 0.05) is 12.7 Å². The van der Waals surface area contributed by atoms with Gasteiger partial charge in [-0.1, -0.05) is 41.0 Å². The zero-order chi connectivity index (χ0) is 15.0. The Morgan fingerprint density at radius 1 is 1.45 bits per heavy atom. The van der Waals surface area contributed by atoms with E-state index in [9.17, 15) is 4.79 Å². The van der Waals surface area contributed by atoms with E-state index in [-0.39, 0.29) is 11.7 Å². The molecule has 0 aromatic carbocycles. The van der Waals surface area contributed by atoms with Crippen molar-refractivity contribution in [3.05, 3.63) is 35.0 Å². The Morgan fingerprint density at radius 3 is 2.85 bits per heavy atom. The fourth-order valence-corrected chi connectivity index (χ4v) is 2.12. The van der Waals surface area contributed by atoms with Crippen LogP contribution in [0.3, 0.4) is 0 Å². The molecule has 0 saturated heterocycles. The first-order valence-corrected chi connectivity index (χ1v) is 7.55. The first-order valence-electron chi connectivity index (χ1n) is 5.40. The van der Waals surface area contributed by atoms with Gasteiger partial charge in [-0.05, 0) is 18.3 Å². The van der Waals surface area contributed by atoms with Gasteiger partial charge in [0.25, 0.3) is 0 Å². The average molecular weight is 351 g/mol. The predicted octanol–water partition coefficient (Wildman–Crippen LogP) is 2.16. The van der Waals surface area contributed by atoms with Gasteiger partial charge in [-0.25, -0.2) is 4.98 Å². The topological polar surface area (TPSA) is 66.0 Å². The van der Waals surface area contributed by atoms with E-state index in [2.05, 4.69) is 27.7 Å². The highest BCUT2D eigenvalue weighted by Gasteiger charge is 2.06. The number of carbonyl (C=O) groups excluding carboxylic acids is 1. The third-order valence-corrected chi connectivity index (χ3v) is 3.74. The monoisotopic (exact) mass is 350 g/mol. The molecule has 108 valence electrons. The smallest absolute Gasteiger partial charge is 0.248 e. The number of hydrogen-bond acceptors (Lipinski definition) is 4. The van der Waals surface area contributed by atoms with Gasteiger partial charge < -0.3 is 5.32 Å².